The first-order chi connectivity index (χ1) is 14.6. The van der Waals surface area contributed by atoms with E-state index in [0.29, 0.717) is 18.0 Å². The van der Waals surface area contributed by atoms with Gasteiger partial charge in [-0.05, 0) is 55.4 Å². The van der Waals surface area contributed by atoms with E-state index >= 15 is 0 Å². The molecular formula is C25H31N3O2. The molecule has 1 saturated carbocycles. The molecule has 1 saturated heterocycles. The topological polar surface area (TPSA) is 53.6 Å². The summed E-state index contributed by atoms with van der Waals surface area (Å²) in [7, 11) is 3.64. The largest absolute Gasteiger partial charge is 0.496 e. The lowest BCUT2D eigenvalue weighted by Crippen LogP contribution is -2.49. The number of fused-ring (bicyclic) bond motifs is 3. The first-order valence-electron chi connectivity index (χ1n) is 11.1. The van der Waals surface area contributed by atoms with Crippen LogP contribution in [0.3, 0.4) is 0 Å². The number of ether oxygens (including phenoxy) is 1. The Kier molecular flexibility index (Phi) is 5.03. The van der Waals surface area contributed by atoms with E-state index in [2.05, 4.69) is 60.0 Å². The Labute approximate surface area is 178 Å². The molecule has 3 aliphatic rings. The lowest BCUT2D eigenvalue weighted by atomic mass is 9.89. The molecule has 1 aliphatic carbocycles. The second-order valence-corrected chi connectivity index (χ2v) is 9.09. The number of amides is 1. The zero-order chi connectivity index (χ0) is 20.8. The summed E-state index contributed by atoms with van der Waals surface area (Å²) in [4.78, 5) is 14.3. The summed E-state index contributed by atoms with van der Waals surface area (Å²) in [5.74, 6) is 1.73. The lowest BCUT2D eigenvalue weighted by Gasteiger charge is -2.37. The van der Waals surface area contributed by atoms with Gasteiger partial charge in [0, 0.05) is 48.9 Å². The Balaban J connectivity index is 1.38. The van der Waals surface area contributed by atoms with E-state index in [4.69, 9.17) is 4.74 Å². The molecule has 2 aromatic rings. The van der Waals surface area contributed by atoms with Crippen LogP contribution in [0.15, 0.2) is 42.5 Å². The molecule has 0 radical (unpaired) electrons. The van der Waals surface area contributed by atoms with E-state index in [9.17, 15) is 4.79 Å². The van der Waals surface area contributed by atoms with Crippen molar-refractivity contribution in [3.63, 3.8) is 0 Å². The molecule has 0 unspecified atom stereocenters. The Morgan fingerprint density at radius 1 is 1.17 bits per heavy atom. The minimum Gasteiger partial charge on any atom is -0.496 e. The molecule has 5 nitrogen and oxygen atoms in total. The van der Waals surface area contributed by atoms with Gasteiger partial charge in [0.2, 0.25) is 5.91 Å². The van der Waals surface area contributed by atoms with Crippen LogP contribution in [0, 0.1) is 5.92 Å². The number of hydrogen-bond acceptors (Lipinski definition) is 4. The number of carbonyl (C=O) groups excluding carboxylic acids is 1. The number of methoxy groups -OCH3 is 1. The van der Waals surface area contributed by atoms with E-state index in [1.165, 1.54) is 11.1 Å². The van der Waals surface area contributed by atoms with E-state index in [1.54, 1.807) is 7.11 Å². The van der Waals surface area contributed by atoms with Crippen molar-refractivity contribution < 1.29 is 9.53 Å². The maximum absolute atomic E-state index is 12.5. The Hall–Kier alpha value is -2.37. The molecule has 2 N–H and O–H groups in total. The quantitative estimate of drug-likeness (QED) is 0.796. The number of rotatable bonds is 5. The number of piperidine rings is 1. The van der Waals surface area contributed by atoms with Crippen molar-refractivity contribution in [3.8, 4) is 5.75 Å². The number of nitrogens with one attached hydrogen (secondary N) is 2. The summed E-state index contributed by atoms with van der Waals surface area (Å²) < 4.78 is 5.75. The molecule has 158 valence electrons. The van der Waals surface area contributed by atoms with E-state index < -0.39 is 0 Å². The van der Waals surface area contributed by atoms with Crippen LogP contribution in [0.1, 0.15) is 54.8 Å². The average molecular weight is 406 g/mol. The van der Waals surface area contributed by atoms with Crippen molar-refractivity contribution in [2.75, 3.05) is 19.1 Å². The van der Waals surface area contributed by atoms with E-state index in [0.717, 1.165) is 42.8 Å². The molecule has 1 amide bonds. The standard InChI is InChI=1S/C25H31N3O2/c1-15-9-10-21(24(27-15)16-7-5-4-6-8-16)26-14-17-11-22-19(13-23(17)30-3)18-12-20(18)25(29)28(22)2/h4-8,11,13,15,18,20-21,24,26-27H,9-10,12,14H2,1-3H3/t15-,18+,20+,21-,24-/m0/s1. The van der Waals surface area contributed by atoms with Crippen LogP contribution in [0.4, 0.5) is 5.69 Å². The smallest absolute Gasteiger partial charge is 0.230 e. The fraction of sp³-hybridized carbons (Fsp3) is 0.480. The van der Waals surface area contributed by atoms with Crippen LogP contribution in [0.5, 0.6) is 5.75 Å². The van der Waals surface area contributed by atoms with Gasteiger partial charge in [0.25, 0.3) is 0 Å². The number of benzene rings is 2. The summed E-state index contributed by atoms with van der Waals surface area (Å²) in [5, 5.41) is 7.57. The Morgan fingerprint density at radius 2 is 1.97 bits per heavy atom. The van der Waals surface area contributed by atoms with E-state index in [1.807, 2.05) is 11.9 Å². The number of hydrogen-bond donors (Lipinski definition) is 2. The van der Waals surface area contributed by atoms with Gasteiger partial charge in [-0.2, -0.15) is 0 Å². The highest BCUT2D eigenvalue weighted by molar-refractivity contribution is 6.01. The van der Waals surface area contributed by atoms with Crippen molar-refractivity contribution >= 4 is 11.6 Å². The van der Waals surface area contributed by atoms with Gasteiger partial charge in [0.15, 0.2) is 0 Å². The fourth-order valence-electron chi connectivity index (χ4n) is 5.27. The molecule has 2 heterocycles. The zero-order valence-corrected chi connectivity index (χ0v) is 18.0. The minimum atomic E-state index is 0.179. The van der Waals surface area contributed by atoms with Crippen LogP contribution < -0.4 is 20.3 Å². The third kappa shape index (κ3) is 3.40. The molecule has 2 aliphatic heterocycles. The predicted molar refractivity (Wildman–Crippen MR) is 119 cm³/mol. The maximum atomic E-state index is 12.5. The third-order valence-corrected chi connectivity index (χ3v) is 7.12. The second-order valence-electron chi connectivity index (χ2n) is 9.09. The summed E-state index contributed by atoms with van der Waals surface area (Å²) in [6.45, 7) is 2.98. The van der Waals surface area contributed by atoms with Crippen LogP contribution in [0.25, 0.3) is 0 Å². The summed E-state index contributed by atoms with van der Waals surface area (Å²) in [5.41, 5.74) is 4.74. The van der Waals surface area contributed by atoms with Gasteiger partial charge in [-0.1, -0.05) is 30.3 Å². The number of carbonyl (C=O) groups is 1. The predicted octanol–water partition coefficient (Wildman–Crippen LogP) is 3.75. The number of nitrogens with zero attached hydrogens (tertiary/aromatic N) is 1. The number of anilines is 1. The summed E-state index contributed by atoms with van der Waals surface area (Å²) in [6, 6.07) is 16.2. The molecule has 5 atom stereocenters. The maximum Gasteiger partial charge on any atom is 0.230 e. The second kappa shape index (κ2) is 7.71. The van der Waals surface area contributed by atoms with Gasteiger partial charge in [-0.25, -0.2) is 0 Å². The summed E-state index contributed by atoms with van der Waals surface area (Å²) in [6.07, 6.45) is 3.26. The van der Waals surface area contributed by atoms with Crippen molar-refractivity contribution in [2.45, 2.75) is 56.8 Å². The fourth-order valence-corrected chi connectivity index (χ4v) is 5.27. The third-order valence-electron chi connectivity index (χ3n) is 7.12. The van der Waals surface area contributed by atoms with Crippen LogP contribution >= 0.6 is 0 Å². The highest BCUT2D eigenvalue weighted by Gasteiger charge is 2.50. The van der Waals surface area contributed by atoms with Gasteiger partial charge in [-0.15, -0.1) is 0 Å². The van der Waals surface area contributed by atoms with Crippen LogP contribution in [-0.2, 0) is 11.3 Å². The van der Waals surface area contributed by atoms with Crippen molar-refractivity contribution in [1.29, 1.82) is 0 Å². The molecule has 5 heteroatoms. The van der Waals surface area contributed by atoms with Gasteiger partial charge in [0.1, 0.15) is 5.75 Å². The van der Waals surface area contributed by atoms with Crippen molar-refractivity contribution in [1.82, 2.24) is 10.6 Å². The monoisotopic (exact) mass is 405 g/mol. The molecule has 0 aromatic heterocycles. The first-order valence-corrected chi connectivity index (χ1v) is 11.1. The van der Waals surface area contributed by atoms with Crippen LogP contribution in [-0.4, -0.2) is 32.1 Å². The van der Waals surface area contributed by atoms with Crippen LogP contribution in [0.2, 0.25) is 0 Å². The van der Waals surface area contributed by atoms with Gasteiger partial charge < -0.3 is 20.3 Å². The molecule has 5 rings (SSSR count). The highest BCUT2D eigenvalue weighted by atomic mass is 16.5. The minimum absolute atomic E-state index is 0.179. The highest BCUT2D eigenvalue weighted by Crippen LogP contribution is 2.56. The van der Waals surface area contributed by atoms with Crippen molar-refractivity contribution in [2.24, 2.45) is 5.92 Å². The van der Waals surface area contributed by atoms with Gasteiger partial charge in [-0.3, -0.25) is 4.79 Å². The Bertz CT molecular complexity index is 945. The van der Waals surface area contributed by atoms with E-state index in [-0.39, 0.29) is 17.9 Å². The molecular weight excluding hydrogens is 374 g/mol. The first kappa shape index (κ1) is 19.6. The lowest BCUT2D eigenvalue weighted by molar-refractivity contribution is -0.119. The summed E-state index contributed by atoms with van der Waals surface area (Å²) >= 11 is 0. The average Bonchev–Trinajstić information content (AvgIpc) is 3.58. The SMILES string of the molecule is COc1cc2c(cc1CN[C@H]1CC[C@H](C)N[C@H]1c1ccccc1)N(C)C(=O)[C@@H]1C[C@H]21. The molecule has 2 aromatic carbocycles. The normalized spacial score (nSPS) is 29.9. The molecule has 0 bridgehead atoms. The van der Waals surface area contributed by atoms with Gasteiger partial charge >= 0.3 is 0 Å². The molecule has 2 fully saturated rings. The Morgan fingerprint density at radius 3 is 2.73 bits per heavy atom. The van der Waals surface area contributed by atoms with Crippen molar-refractivity contribution in [3.05, 3.63) is 59.2 Å². The molecule has 0 spiro atoms. The van der Waals surface area contributed by atoms with Gasteiger partial charge in [0.05, 0.1) is 7.11 Å². The zero-order valence-electron chi connectivity index (χ0n) is 18.0. The molecule has 30 heavy (non-hydrogen) atoms.